The molecule has 13 heteroatoms. The highest BCUT2D eigenvalue weighted by Crippen LogP contribution is 2.42. The summed E-state index contributed by atoms with van der Waals surface area (Å²) in [5, 5.41) is 12.7. The minimum Gasteiger partial charge on any atom is -0.491 e. The van der Waals surface area contributed by atoms with E-state index in [-0.39, 0.29) is 40.7 Å². The van der Waals surface area contributed by atoms with E-state index in [0.29, 0.717) is 0 Å². The van der Waals surface area contributed by atoms with E-state index in [4.69, 9.17) is 9.84 Å². The summed E-state index contributed by atoms with van der Waals surface area (Å²) >= 11 is 0.743. The molecule has 33 heavy (non-hydrogen) atoms. The normalized spacial score (nSPS) is 17.6. The molecule has 0 radical (unpaired) electrons. The van der Waals surface area contributed by atoms with E-state index in [1.54, 1.807) is 12.1 Å². The predicted octanol–water partition coefficient (Wildman–Crippen LogP) is 3.73. The first kappa shape index (κ1) is 22.5. The molecule has 0 aliphatic carbocycles. The van der Waals surface area contributed by atoms with Crippen molar-refractivity contribution in [3.05, 3.63) is 69.7 Å². The minimum atomic E-state index is -5.09. The van der Waals surface area contributed by atoms with Crippen molar-refractivity contribution in [3.63, 3.8) is 0 Å². The molecule has 3 aromatic rings. The summed E-state index contributed by atoms with van der Waals surface area (Å²) in [6.07, 6.45) is -3.62. The molecule has 0 bridgehead atoms. The van der Waals surface area contributed by atoms with E-state index in [1.165, 1.54) is 17.6 Å². The lowest BCUT2D eigenvalue weighted by Gasteiger charge is -2.38. The van der Waals surface area contributed by atoms with E-state index in [1.807, 2.05) is 0 Å². The maximum atomic E-state index is 14.6. The number of pyridine rings is 1. The Bertz CT molecular complexity index is 1230. The van der Waals surface area contributed by atoms with Crippen molar-refractivity contribution >= 4 is 23.2 Å². The molecule has 1 atom stereocenters. The van der Waals surface area contributed by atoms with Crippen molar-refractivity contribution in [2.45, 2.75) is 18.3 Å². The van der Waals surface area contributed by atoms with Gasteiger partial charge < -0.3 is 19.9 Å². The molecular weight excluding hydrogens is 470 g/mol. The van der Waals surface area contributed by atoms with Crippen LogP contribution < -0.4 is 14.8 Å². The van der Waals surface area contributed by atoms with Gasteiger partial charge in [0.25, 0.3) is 5.91 Å². The summed E-state index contributed by atoms with van der Waals surface area (Å²) in [5.41, 5.74) is -1.42. The second-order valence-corrected chi connectivity index (χ2v) is 7.70. The van der Waals surface area contributed by atoms with Crippen LogP contribution in [0.1, 0.15) is 38.0 Å². The van der Waals surface area contributed by atoms with Gasteiger partial charge >= 0.3 is 12.3 Å². The van der Waals surface area contributed by atoms with Crippen LogP contribution in [0.5, 0.6) is 11.5 Å². The van der Waals surface area contributed by atoms with Gasteiger partial charge in [0, 0.05) is 18.0 Å². The van der Waals surface area contributed by atoms with Gasteiger partial charge in [-0.15, -0.1) is 24.5 Å². The lowest BCUT2D eigenvalue weighted by atomic mass is 9.81. The Hall–Kier alpha value is -3.74. The smallest absolute Gasteiger partial charge is 0.491 e. The number of amides is 1. The number of carboxylic acid groups (broad SMARTS) is 1. The standard InChI is InChI=1S/C20H13F4N3O5S/c21-11-8-10(3-4-13(11)32-20(22,23)24)19(5-7-31-14-2-1-6-25-15(14)19)27-16(28)12-9-33-17(26-12)18(29)30/h1-4,6,8-9H,5,7H2,(H,27,28)(H,29,30)/t19-/m0/s1. The number of ether oxygens (including phenoxy) is 2. The molecule has 1 amide bonds. The number of aromatic carboxylic acids is 1. The number of rotatable bonds is 5. The van der Waals surface area contributed by atoms with Crippen molar-refractivity contribution < 1.29 is 41.7 Å². The number of hydrogen-bond acceptors (Lipinski definition) is 7. The van der Waals surface area contributed by atoms with E-state index < -0.39 is 35.3 Å². The van der Waals surface area contributed by atoms with Gasteiger partial charge in [-0.25, -0.2) is 14.2 Å². The lowest BCUT2D eigenvalue weighted by Crippen LogP contribution is -2.50. The quantitative estimate of drug-likeness (QED) is 0.532. The monoisotopic (exact) mass is 483 g/mol. The van der Waals surface area contributed by atoms with Crippen molar-refractivity contribution in [2.24, 2.45) is 0 Å². The van der Waals surface area contributed by atoms with Gasteiger partial charge in [-0.3, -0.25) is 9.78 Å². The number of thiazole rings is 1. The van der Waals surface area contributed by atoms with Gasteiger partial charge in [-0.1, -0.05) is 6.07 Å². The van der Waals surface area contributed by atoms with Crippen molar-refractivity contribution in [2.75, 3.05) is 6.61 Å². The Kier molecular flexibility index (Phi) is 5.66. The average Bonchev–Trinajstić information content (AvgIpc) is 3.25. The predicted molar refractivity (Wildman–Crippen MR) is 105 cm³/mol. The van der Waals surface area contributed by atoms with Crippen molar-refractivity contribution in [1.82, 2.24) is 15.3 Å². The van der Waals surface area contributed by atoms with Gasteiger partial charge in [-0.2, -0.15) is 0 Å². The molecule has 2 aromatic heterocycles. The third-order valence-corrected chi connectivity index (χ3v) is 5.64. The van der Waals surface area contributed by atoms with Crippen molar-refractivity contribution in [1.29, 1.82) is 0 Å². The van der Waals surface area contributed by atoms with Crippen LogP contribution in [0.2, 0.25) is 0 Å². The Morgan fingerprint density at radius 3 is 2.73 bits per heavy atom. The zero-order valence-corrected chi connectivity index (χ0v) is 17.2. The van der Waals surface area contributed by atoms with Crippen LogP contribution >= 0.6 is 11.3 Å². The van der Waals surface area contributed by atoms with Crippen LogP contribution in [-0.2, 0) is 5.54 Å². The van der Waals surface area contributed by atoms with E-state index in [2.05, 4.69) is 20.0 Å². The first-order valence-corrected chi connectivity index (χ1v) is 10.1. The SMILES string of the molecule is O=C(N[C@]1(c2ccc(OC(F)(F)F)c(F)c2)CCOc2cccnc21)c1csc(C(=O)O)n1. The topological polar surface area (TPSA) is 111 Å². The summed E-state index contributed by atoms with van der Waals surface area (Å²) < 4.78 is 61.5. The first-order chi connectivity index (χ1) is 15.6. The third-order valence-electron chi connectivity index (χ3n) is 4.81. The molecule has 3 heterocycles. The molecule has 4 rings (SSSR count). The average molecular weight is 483 g/mol. The van der Waals surface area contributed by atoms with Gasteiger partial charge in [0.05, 0.1) is 6.61 Å². The number of halogens is 4. The number of carboxylic acids is 1. The van der Waals surface area contributed by atoms with Gasteiger partial charge in [0.1, 0.15) is 22.7 Å². The molecule has 1 aromatic carbocycles. The highest BCUT2D eigenvalue weighted by molar-refractivity contribution is 7.11. The molecule has 0 fully saturated rings. The molecule has 1 aliphatic heterocycles. The van der Waals surface area contributed by atoms with Gasteiger partial charge in [-0.05, 0) is 29.8 Å². The van der Waals surface area contributed by atoms with E-state index >= 15 is 0 Å². The van der Waals surface area contributed by atoms with Crippen LogP contribution in [0.3, 0.4) is 0 Å². The van der Waals surface area contributed by atoms with Crippen LogP contribution in [0.4, 0.5) is 17.6 Å². The van der Waals surface area contributed by atoms with E-state index in [0.717, 1.165) is 23.5 Å². The number of benzene rings is 1. The Morgan fingerprint density at radius 2 is 2.06 bits per heavy atom. The van der Waals surface area contributed by atoms with Crippen LogP contribution in [0.15, 0.2) is 41.9 Å². The summed E-state index contributed by atoms with van der Waals surface area (Å²) in [7, 11) is 0. The van der Waals surface area contributed by atoms with Crippen LogP contribution in [0, 0.1) is 5.82 Å². The molecule has 1 aliphatic rings. The van der Waals surface area contributed by atoms with E-state index in [9.17, 15) is 27.2 Å². The fraction of sp³-hybridized carbons (Fsp3) is 0.200. The molecule has 172 valence electrons. The largest absolute Gasteiger partial charge is 0.573 e. The van der Waals surface area contributed by atoms with Gasteiger partial charge in [0.2, 0.25) is 5.01 Å². The lowest BCUT2D eigenvalue weighted by molar-refractivity contribution is -0.275. The third kappa shape index (κ3) is 4.44. The molecule has 0 spiro atoms. The fourth-order valence-electron chi connectivity index (χ4n) is 3.44. The maximum absolute atomic E-state index is 14.6. The highest BCUT2D eigenvalue weighted by Gasteiger charge is 2.43. The first-order valence-electron chi connectivity index (χ1n) is 9.24. The summed E-state index contributed by atoms with van der Waals surface area (Å²) in [5.74, 6) is -4.15. The number of nitrogens with one attached hydrogen (secondary N) is 1. The number of carbonyl (C=O) groups excluding carboxylic acids is 1. The fourth-order valence-corrected chi connectivity index (χ4v) is 4.08. The number of nitrogens with zero attached hydrogens (tertiary/aromatic N) is 2. The zero-order valence-electron chi connectivity index (χ0n) is 16.4. The molecule has 0 unspecified atom stereocenters. The summed E-state index contributed by atoms with van der Waals surface area (Å²) in [6.45, 7) is 0.0683. The van der Waals surface area contributed by atoms with Crippen LogP contribution in [-0.4, -0.2) is 39.9 Å². The molecule has 0 saturated carbocycles. The van der Waals surface area contributed by atoms with Crippen molar-refractivity contribution in [3.8, 4) is 11.5 Å². The Morgan fingerprint density at radius 1 is 1.27 bits per heavy atom. The molecule has 8 nitrogen and oxygen atoms in total. The Labute approximate surface area is 186 Å². The summed E-state index contributed by atoms with van der Waals surface area (Å²) in [6, 6.07) is 5.95. The molecular formula is C20H13F4N3O5S. The highest BCUT2D eigenvalue weighted by atomic mass is 32.1. The number of hydrogen-bond donors (Lipinski definition) is 2. The number of alkyl halides is 3. The molecule has 0 saturated heterocycles. The second kappa shape index (κ2) is 8.31. The second-order valence-electron chi connectivity index (χ2n) is 6.84. The number of fused-ring (bicyclic) bond motifs is 1. The molecule has 2 N–H and O–H groups in total. The summed E-state index contributed by atoms with van der Waals surface area (Å²) in [4.78, 5) is 32.1. The number of aromatic nitrogens is 2. The van der Waals surface area contributed by atoms with Crippen LogP contribution in [0.25, 0.3) is 0 Å². The number of carbonyl (C=O) groups is 2. The Balaban J connectivity index is 1.79. The van der Waals surface area contributed by atoms with Gasteiger partial charge in [0.15, 0.2) is 11.6 Å². The zero-order chi connectivity index (χ0) is 23.8. The maximum Gasteiger partial charge on any atom is 0.573 e. The minimum absolute atomic E-state index is 0.0532.